The number of thioether (sulfide) groups is 1. The van der Waals surface area contributed by atoms with Gasteiger partial charge < -0.3 is 9.88 Å². The first kappa shape index (κ1) is 18.5. The zero-order chi connectivity index (χ0) is 18.5. The molecule has 0 unspecified atom stereocenters. The molecule has 0 aliphatic carbocycles. The molecule has 3 rings (SSSR count). The van der Waals surface area contributed by atoms with Crippen molar-refractivity contribution in [1.82, 2.24) is 20.1 Å². The van der Waals surface area contributed by atoms with Crippen LogP contribution >= 0.6 is 23.4 Å². The SMILES string of the molecule is Cc1ccc(CNC(=O)CSc2nnc(-c3ccc(Cl)cc3)n2C)cc1. The van der Waals surface area contributed by atoms with E-state index in [0.29, 0.717) is 22.5 Å². The first-order valence-corrected chi connectivity index (χ1v) is 9.49. The van der Waals surface area contributed by atoms with Gasteiger partial charge in [-0.25, -0.2) is 0 Å². The second-order valence-corrected chi connectivity index (χ2v) is 7.30. The largest absolute Gasteiger partial charge is 0.351 e. The van der Waals surface area contributed by atoms with Gasteiger partial charge in [0.25, 0.3) is 0 Å². The minimum Gasteiger partial charge on any atom is -0.351 e. The number of amides is 1. The Bertz CT molecular complexity index is 891. The van der Waals surface area contributed by atoms with Crippen molar-refractivity contribution >= 4 is 29.3 Å². The number of nitrogens with one attached hydrogen (secondary N) is 1. The Morgan fingerprint density at radius 2 is 1.81 bits per heavy atom. The molecule has 0 bridgehead atoms. The number of nitrogens with zero attached hydrogens (tertiary/aromatic N) is 3. The Hall–Kier alpha value is -2.31. The number of carbonyl (C=O) groups is 1. The first-order chi connectivity index (χ1) is 12.5. The van der Waals surface area contributed by atoms with E-state index in [1.807, 2.05) is 67.1 Å². The van der Waals surface area contributed by atoms with E-state index in [-0.39, 0.29) is 5.91 Å². The smallest absolute Gasteiger partial charge is 0.230 e. The molecule has 2 aromatic carbocycles. The molecule has 0 aliphatic rings. The van der Waals surface area contributed by atoms with E-state index in [4.69, 9.17) is 11.6 Å². The van der Waals surface area contributed by atoms with Gasteiger partial charge in [-0.1, -0.05) is 53.2 Å². The van der Waals surface area contributed by atoms with Crippen LogP contribution in [0, 0.1) is 6.92 Å². The number of hydrogen-bond donors (Lipinski definition) is 1. The van der Waals surface area contributed by atoms with Crippen LogP contribution in [0.1, 0.15) is 11.1 Å². The average Bonchev–Trinajstić information content (AvgIpc) is 3.01. The van der Waals surface area contributed by atoms with E-state index < -0.39 is 0 Å². The molecule has 26 heavy (non-hydrogen) atoms. The summed E-state index contributed by atoms with van der Waals surface area (Å²) < 4.78 is 1.88. The molecule has 0 aliphatic heterocycles. The molecule has 0 fully saturated rings. The number of aromatic nitrogens is 3. The fourth-order valence-electron chi connectivity index (χ4n) is 2.38. The van der Waals surface area contributed by atoms with Crippen LogP contribution in [0.5, 0.6) is 0 Å². The molecule has 1 aromatic heterocycles. The lowest BCUT2D eigenvalue weighted by molar-refractivity contribution is -0.118. The second-order valence-electron chi connectivity index (χ2n) is 5.92. The van der Waals surface area contributed by atoms with E-state index in [0.717, 1.165) is 17.0 Å². The number of hydrogen-bond acceptors (Lipinski definition) is 4. The van der Waals surface area contributed by atoms with Gasteiger partial charge in [0.2, 0.25) is 5.91 Å². The van der Waals surface area contributed by atoms with E-state index in [9.17, 15) is 4.79 Å². The van der Waals surface area contributed by atoms with Crippen LogP contribution in [0.4, 0.5) is 0 Å². The normalized spacial score (nSPS) is 10.7. The molecule has 0 atom stereocenters. The maximum Gasteiger partial charge on any atom is 0.230 e. The maximum atomic E-state index is 12.1. The lowest BCUT2D eigenvalue weighted by Crippen LogP contribution is -2.24. The Labute approximate surface area is 161 Å². The molecule has 1 N–H and O–H groups in total. The van der Waals surface area contributed by atoms with Gasteiger partial charge in [-0.3, -0.25) is 4.79 Å². The highest BCUT2D eigenvalue weighted by atomic mass is 35.5. The molecular weight excluding hydrogens is 368 g/mol. The van der Waals surface area contributed by atoms with Gasteiger partial charge in [0.05, 0.1) is 5.75 Å². The summed E-state index contributed by atoms with van der Waals surface area (Å²) >= 11 is 7.28. The number of benzene rings is 2. The van der Waals surface area contributed by atoms with Crippen molar-refractivity contribution in [2.45, 2.75) is 18.6 Å². The van der Waals surface area contributed by atoms with Crippen molar-refractivity contribution < 1.29 is 4.79 Å². The highest BCUT2D eigenvalue weighted by Crippen LogP contribution is 2.23. The minimum atomic E-state index is -0.0355. The van der Waals surface area contributed by atoms with Crippen LogP contribution in [0.2, 0.25) is 5.02 Å². The quantitative estimate of drug-likeness (QED) is 0.653. The Balaban J connectivity index is 1.55. The third kappa shape index (κ3) is 4.65. The van der Waals surface area contributed by atoms with Crippen molar-refractivity contribution in [2.75, 3.05) is 5.75 Å². The lowest BCUT2D eigenvalue weighted by atomic mass is 10.1. The molecule has 3 aromatic rings. The third-order valence-electron chi connectivity index (χ3n) is 3.88. The molecule has 5 nitrogen and oxygen atoms in total. The van der Waals surface area contributed by atoms with Crippen LogP contribution in [-0.2, 0) is 18.4 Å². The average molecular weight is 387 g/mol. The van der Waals surface area contributed by atoms with Gasteiger partial charge in [0.15, 0.2) is 11.0 Å². The summed E-state index contributed by atoms with van der Waals surface area (Å²) in [5.41, 5.74) is 3.21. The Morgan fingerprint density at radius 3 is 2.50 bits per heavy atom. The maximum absolute atomic E-state index is 12.1. The fourth-order valence-corrected chi connectivity index (χ4v) is 3.25. The summed E-state index contributed by atoms with van der Waals surface area (Å²) in [6.45, 7) is 2.56. The fraction of sp³-hybridized carbons (Fsp3) is 0.211. The van der Waals surface area contributed by atoms with Crippen LogP contribution < -0.4 is 5.32 Å². The molecule has 0 saturated heterocycles. The number of halogens is 1. The summed E-state index contributed by atoms with van der Waals surface area (Å²) in [4.78, 5) is 12.1. The Morgan fingerprint density at radius 1 is 1.12 bits per heavy atom. The summed E-state index contributed by atoms with van der Waals surface area (Å²) in [5.74, 6) is 0.995. The summed E-state index contributed by atoms with van der Waals surface area (Å²) in [7, 11) is 1.89. The molecule has 1 heterocycles. The predicted octanol–water partition coefficient (Wildman–Crippen LogP) is 3.85. The van der Waals surface area contributed by atoms with Gasteiger partial charge in [0.1, 0.15) is 0 Å². The van der Waals surface area contributed by atoms with Crippen molar-refractivity contribution in [1.29, 1.82) is 0 Å². The van der Waals surface area contributed by atoms with Gasteiger partial charge >= 0.3 is 0 Å². The Kier molecular flexibility index (Phi) is 5.96. The zero-order valence-corrected chi connectivity index (χ0v) is 16.1. The topological polar surface area (TPSA) is 59.8 Å². The monoisotopic (exact) mass is 386 g/mol. The van der Waals surface area contributed by atoms with Crippen LogP contribution in [0.25, 0.3) is 11.4 Å². The second kappa shape index (κ2) is 8.38. The van der Waals surface area contributed by atoms with Crippen molar-refractivity contribution in [3.63, 3.8) is 0 Å². The summed E-state index contributed by atoms with van der Waals surface area (Å²) in [5, 5.41) is 12.7. The molecule has 7 heteroatoms. The number of aryl methyl sites for hydroxylation is 1. The molecular formula is C19H19ClN4OS. The summed E-state index contributed by atoms with van der Waals surface area (Å²) in [6.07, 6.45) is 0. The molecule has 0 radical (unpaired) electrons. The van der Waals surface area contributed by atoms with E-state index in [1.165, 1.54) is 17.3 Å². The number of carbonyl (C=O) groups excluding carboxylic acids is 1. The number of rotatable bonds is 6. The molecule has 1 amide bonds. The van der Waals surface area contributed by atoms with E-state index >= 15 is 0 Å². The van der Waals surface area contributed by atoms with Gasteiger partial charge in [-0.15, -0.1) is 10.2 Å². The van der Waals surface area contributed by atoms with Gasteiger partial charge in [0, 0.05) is 24.2 Å². The van der Waals surface area contributed by atoms with Crippen molar-refractivity contribution in [3.05, 3.63) is 64.7 Å². The van der Waals surface area contributed by atoms with Gasteiger partial charge in [-0.05, 0) is 36.8 Å². The predicted molar refractivity (Wildman–Crippen MR) is 105 cm³/mol. The zero-order valence-electron chi connectivity index (χ0n) is 14.6. The van der Waals surface area contributed by atoms with E-state index in [1.54, 1.807) is 0 Å². The van der Waals surface area contributed by atoms with Crippen LogP contribution in [0.15, 0.2) is 53.7 Å². The van der Waals surface area contributed by atoms with Crippen molar-refractivity contribution in [2.24, 2.45) is 7.05 Å². The highest BCUT2D eigenvalue weighted by molar-refractivity contribution is 7.99. The highest BCUT2D eigenvalue weighted by Gasteiger charge is 2.12. The standard InChI is InChI=1S/C19H19ClN4OS/c1-13-3-5-14(6-4-13)11-21-17(25)12-26-19-23-22-18(24(19)2)15-7-9-16(20)10-8-15/h3-10H,11-12H2,1-2H3,(H,21,25). The van der Waals surface area contributed by atoms with Crippen molar-refractivity contribution in [3.8, 4) is 11.4 Å². The molecule has 0 spiro atoms. The molecule has 0 saturated carbocycles. The van der Waals surface area contributed by atoms with E-state index in [2.05, 4.69) is 15.5 Å². The van der Waals surface area contributed by atoms with Crippen LogP contribution in [-0.4, -0.2) is 26.4 Å². The minimum absolute atomic E-state index is 0.0355. The molecule has 134 valence electrons. The summed E-state index contributed by atoms with van der Waals surface area (Å²) in [6, 6.07) is 15.5. The lowest BCUT2D eigenvalue weighted by Gasteiger charge is -2.06. The first-order valence-electron chi connectivity index (χ1n) is 8.13. The van der Waals surface area contributed by atoms with Gasteiger partial charge in [-0.2, -0.15) is 0 Å². The third-order valence-corrected chi connectivity index (χ3v) is 5.15. The van der Waals surface area contributed by atoms with Crippen LogP contribution in [0.3, 0.4) is 0 Å².